The average molecular weight is 526 g/mol. The summed E-state index contributed by atoms with van der Waals surface area (Å²) >= 11 is 0. The molecule has 0 unspecified atom stereocenters. The smallest absolute Gasteiger partial charge is 0.229 e. The number of fused-ring (bicyclic) bond motifs is 1. The van der Waals surface area contributed by atoms with Gasteiger partial charge in [0.05, 0.1) is 5.54 Å². The van der Waals surface area contributed by atoms with E-state index in [1.54, 1.807) is 6.92 Å². The third kappa shape index (κ3) is 5.55. The first-order valence-electron chi connectivity index (χ1n) is 13.6. The molecule has 0 atom stereocenters. The van der Waals surface area contributed by atoms with Crippen LogP contribution in [0.25, 0.3) is 6.08 Å². The molecule has 5 rings (SSSR count). The second kappa shape index (κ2) is 10.6. The Hall–Kier alpha value is -4.07. The van der Waals surface area contributed by atoms with Crippen molar-refractivity contribution in [3.8, 4) is 0 Å². The van der Waals surface area contributed by atoms with Crippen LogP contribution in [0, 0.1) is 5.92 Å². The summed E-state index contributed by atoms with van der Waals surface area (Å²) in [5.74, 6) is 2.20. The number of anilines is 4. The Labute approximate surface area is 232 Å². The van der Waals surface area contributed by atoms with Crippen molar-refractivity contribution in [1.82, 2.24) is 19.8 Å². The number of likely N-dealkylation sites (tertiary alicyclic amines) is 1. The lowest BCUT2D eigenvalue weighted by Crippen LogP contribution is -2.60. The zero-order valence-electron chi connectivity index (χ0n) is 23.4. The maximum Gasteiger partial charge on any atom is 0.229 e. The number of nitrogens with one attached hydrogen (secondary N) is 1. The van der Waals surface area contributed by atoms with Crippen LogP contribution in [-0.2, 0) is 4.79 Å². The van der Waals surface area contributed by atoms with Crippen LogP contribution in [0.3, 0.4) is 0 Å². The van der Waals surface area contributed by atoms with Crippen LogP contribution < -0.4 is 15.1 Å². The van der Waals surface area contributed by atoms with Crippen molar-refractivity contribution in [2.24, 2.45) is 5.92 Å². The van der Waals surface area contributed by atoms with Crippen LogP contribution in [-0.4, -0.2) is 70.5 Å². The zero-order valence-corrected chi connectivity index (χ0v) is 23.4. The number of aromatic nitrogens is 2. The first-order valence-corrected chi connectivity index (χ1v) is 13.6. The zero-order chi connectivity index (χ0) is 27.7. The predicted molar refractivity (Wildman–Crippen MR) is 160 cm³/mol. The third-order valence-electron chi connectivity index (χ3n) is 7.98. The number of allylic oxidation sites excluding steroid dienone is 2. The van der Waals surface area contributed by atoms with Gasteiger partial charge in [-0.3, -0.25) is 4.79 Å². The SMILES string of the molecule is C=CC(=C)N1CC(CCN2C(=C)C=Cc3cnc(Nc4ccc(N5CCN(C(C)=O)C(C)(C)C5)cc4)nc32)C1. The Bertz CT molecular complexity index is 1310. The van der Waals surface area contributed by atoms with Crippen molar-refractivity contribution in [3.05, 3.63) is 79.3 Å². The normalized spacial score (nSPS) is 18.5. The van der Waals surface area contributed by atoms with Crippen LogP contribution in [0.1, 0.15) is 32.8 Å². The highest BCUT2D eigenvalue weighted by Gasteiger charge is 2.35. The summed E-state index contributed by atoms with van der Waals surface area (Å²) in [5.41, 5.74) is 4.79. The fourth-order valence-electron chi connectivity index (χ4n) is 5.71. The Balaban J connectivity index is 1.23. The van der Waals surface area contributed by atoms with Crippen molar-refractivity contribution in [2.45, 2.75) is 32.7 Å². The maximum atomic E-state index is 12.0. The van der Waals surface area contributed by atoms with Gasteiger partial charge in [0.2, 0.25) is 11.9 Å². The molecule has 3 aliphatic rings. The van der Waals surface area contributed by atoms with Gasteiger partial charge in [-0.1, -0.05) is 19.7 Å². The van der Waals surface area contributed by atoms with Crippen LogP contribution in [0.5, 0.6) is 0 Å². The van der Waals surface area contributed by atoms with E-state index in [0.717, 1.165) is 79.8 Å². The highest BCUT2D eigenvalue weighted by atomic mass is 16.2. The summed E-state index contributed by atoms with van der Waals surface area (Å²) < 4.78 is 0. The summed E-state index contributed by atoms with van der Waals surface area (Å²) in [6.07, 6.45) is 8.80. The number of rotatable bonds is 8. The van der Waals surface area contributed by atoms with Gasteiger partial charge >= 0.3 is 0 Å². The molecule has 8 heteroatoms. The molecule has 1 aromatic heterocycles. The summed E-state index contributed by atoms with van der Waals surface area (Å²) in [7, 11) is 0. The number of carbonyl (C=O) groups is 1. The van der Waals surface area contributed by atoms with Gasteiger partial charge < -0.3 is 24.9 Å². The predicted octanol–water partition coefficient (Wildman–Crippen LogP) is 5.04. The monoisotopic (exact) mass is 525 g/mol. The third-order valence-corrected chi connectivity index (χ3v) is 7.98. The molecule has 0 aliphatic carbocycles. The van der Waals surface area contributed by atoms with Gasteiger partial charge in [-0.25, -0.2) is 4.98 Å². The number of carbonyl (C=O) groups excluding carboxylic acids is 1. The molecular weight excluding hydrogens is 486 g/mol. The van der Waals surface area contributed by atoms with E-state index in [0.29, 0.717) is 11.9 Å². The number of hydrogen-bond acceptors (Lipinski definition) is 7. The summed E-state index contributed by atoms with van der Waals surface area (Å²) in [5, 5.41) is 3.37. The summed E-state index contributed by atoms with van der Waals surface area (Å²) in [4.78, 5) is 30.2. The lowest BCUT2D eigenvalue weighted by atomic mass is 9.95. The highest BCUT2D eigenvalue weighted by molar-refractivity contribution is 5.75. The summed E-state index contributed by atoms with van der Waals surface area (Å²) in [6, 6.07) is 8.33. The molecule has 0 spiro atoms. The van der Waals surface area contributed by atoms with E-state index < -0.39 is 0 Å². The van der Waals surface area contributed by atoms with Crippen molar-refractivity contribution in [1.29, 1.82) is 0 Å². The molecule has 1 N–H and O–H groups in total. The molecule has 8 nitrogen and oxygen atoms in total. The van der Waals surface area contributed by atoms with E-state index in [4.69, 9.17) is 4.98 Å². The summed E-state index contributed by atoms with van der Waals surface area (Å²) in [6.45, 7) is 23.2. The fourth-order valence-corrected chi connectivity index (χ4v) is 5.71. The lowest BCUT2D eigenvalue weighted by molar-refractivity contribution is -0.134. The van der Waals surface area contributed by atoms with Crippen LogP contribution >= 0.6 is 0 Å². The molecule has 0 saturated carbocycles. The van der Waals surface area contributed by atoms with Gasteiger partial charge in [-0.05, 0) is 68.7 Å². The Kier molecular flexibility index (Phi) is 7.21. The minimum Gasteiger partial charge on any atom is -0.371 e. The molecule has 1 aromatic carbocycles. The number of amides is 1. The number of nitrogens with zero attached hydrogens (tertiary/aromatic N) is 6. The second-order valence-electron chi connectivity index (χ2n) is 11.3. The minimum atomic E-state index is -0.208. The standard InChI is InChI=1S/C31H39N7O/c1-7-22(2)36-19-25(20-36)14-15-37-23(3)8-9-26-18-32-30(34-29(26)37)33-27-10-12-28(13-11-27)35-16-17-38(24(4)39)31(5,6)21-35/h7-13,18,25H,1-3,14-17,19-21H2,4-6H3,(H,32,33,34). The molecule has 204 valence electrons. The Morgan fingerprint density at radius 3 is 2.59 bits per heavy atom. The molecule has 3 aliphatic heterocycles. The van der Waals surface area contributed by atoms with Gasteiger partial charge in [0.15, 0.2) is 0 Å². The molecule has 0 radical (unpaired) electrons. The van der Waals surface area contributed by atoms with E-state index >= 15 is 0 Å². The quantitative estimate of drug-likeness (QED) is 0.485. The molecule has 1 amide bonds. The Morgan fingerprint density at radius 1 is 1.18 bits per heavy atom. The first kappa shape index (κ1) is 26.5. The molecule has 4 heterocycles. The van der Waals surface area contributed by atoms with Crippen LogP contribution in [0.2, 0.25) is 0 Å². The number of piperazine rings is 1. The van der Waals surface area contributed by atoms with Gasteiger partial charge in [0.1, 0.15) is 5.82 Å². The number of benzene rings is 1. The van der Waals surface area contributed by atoms with E-state index in [-0.39, 0.29) is 11.4 Å². The van der Waals surface area contributed by atoms with Gasteiger partial charge in [0, 0.05) is 80.7 Å². The molecule has 2 fully saturated rings. The molecule has 0 bridgehead atoms. The van der Waals surface area contributed by atoms with Gasteiger partial charge in [-0.15, -0.1) is 0 Å². The molecule has 2 aromatic rings. The molecule has 2 saturated heterocycles. The van der Waals surface area contributed by atoms with Crippen LogP contribution in [0.4, 0.5) is 23.1 Å². The highest BCUT2D eigenvalue weighted by Crippen LogP contribution is 2.32. The second-order valence-corrected chi connectivity index (χ2v) is 11.3. The fraction of sp³-hybridized carbons (Fsp3) is 0.387. The first-order chi connectivity index (χ1) is 18.6. The van der Waals surface area contributed by atoms with E-state index in [1.165, 1.54) is 0 Å². The Morgan fingerprint density at radius 2 is 1.92 bits per heavy atom. The van der Waals surface area contributed by atoms with Crippen molar-refractivity contribution in [3.63, 3.8) is 0 Å². The topological polar surface area (TPSA) is 67.8 Å². The van der Waals surface area contributed by atoms with Crippen LogP contribution in [0.15, 0.2) is 73.7 Å². The van der Waals surface area contributed by atoms with Crippen molar-refractivity contribution >= 4 is 35.1 Å². The largest absolute Gasteiger partial charge is 0.371 e. The van der Waals surface area contributed by atoms with E-state index in [9.17, 15) is 4.79 Å². The van der Waals surface area contributed by atoms with E-state index in [2.05, 4.69) is 82.9 Å². The maximum absolute atomic E-state index is 12.0. The van der Waals surface area contributed by atoms with Gasteiger partial charge in [-0.2, -0.15) is 4.98 Å². The average Bonchev–Trinajstić information content (AvgIpc) is 2.88. The van der Waals surface area contributed by atoms with Crippen molar-refractivity contribution in [2.75, 3.05) is 54.4 Å². The van der Waals surface area contributed by atoms with Crippen molar-refractivity contribution < 1.29 is 4.79 Å². The van der Waals surface area contributed by atoms with E-state index in [1.807, 2.05) is 29.3 Å². The molecule has 39 heavy (non-hydrogen) atoms. The lowest BCUT2D eigenvalue weighted by Gasteiger charge is -2.47. The molecular formula is C31H39N7O. The minimum absolute atomic E-state index is 0.131. The number of hydrogen-bond donors (Lipinski definition) is 1. The van der Waals surface area contributed by atoms with Gasteiger partial charge in [0.25, 0.3) is 0 Å².